The fourth-order valence-electron chi connectivity index (χ4n) is 1.04. The van der Waals surface area contributed by atoms with Gasteiger partial charge in [-0.1, -0.05) is 5.16 Å². The molecule has 0 aliphatic heterocycles. The third-order valence-corrected chi connectivity index (χ3v) is 1.81. The number of carbonyl (C=O) groups is 1. The van der Waals surface area contributed by atoms with Crippen LogP contribution in [0.4, 0.5) is 5.69 Å². The Hall–Kier alpha value is -2.04. The smallest absolute Gasteiger partial charge is 0.337 e. The molecule has 0 spiro atoms. The molecule has 1 aromatic carbocycles. The Morgan fingerprint density at radius 2 is 2.20 bits per heavy atom. The second kappa shape index (κ2) is 4.99. The Kier molecular flexibility index (Phi) is 3.68. The lowest BCUT2D eigenvalue weighted by atomic mass is 10.1. The number of hydrogen-bond donors (Lipinski definition) is 1. The molecule has 0 aliphatic carbocycles. The van der Waals surface area contributed by atoms with E-state index in [0.717, 1.165) is 0 Å². The Bertz CT molecular complexity index is 388. The van der Waals surface area contributed by atoms with Crippen molar-refractivity contribution >= 4 is 17.9 Å². The molecule has 0 fully saturated rings. The molecule has 5 heteroatoms. The number of nitrogen functional groups attached to an aromatic ring is 1. The monoisotopic (exact) mass is 208 g/mol. The average molecular weight is 208 g/mol. The quantitative estimate of drug-likeness (QED) is 0.348. The number of benzene rings is 1. The molecular formula is C10H12N2O3. The van der Waals surface area contributed by atoms with E-state index < -0.39 is 5.97 Å². The summed E-state index contributed by atoms with van der Waals surface area (Å²) in [5, 5.41) is 3.57. The van der Waals surface area contributed by atoms with E-state index in [-0.39, 0.29) is 0 Å². The summed E-state index contributed by atoms with van der Waals surface area (Å²) in [6.45, 7) is 0. The van der Waals surface area contributed by atoms with Crippen molar-refractivity contribution in [1.29, 1.82) is 0 Å². The first-order valence-electron chi connectivity index (χ1n) is 4.23. The van der Waals surface area contributed by atoms with Gasteiger partial charge < -0.3 is 15.3 Å². The van der Waals surface area contributed by atoms with Crippen LogP contribution in [-0.4, -0.2) is 26.4 Å². The van der Waals surface area contributed by atoms with Gasteiger partial charge in [-0.3, -0.25) is 0 Å². The van der Waals surface area contributed by atoms with E-state index in [1.54, 1.807) is 18.2 Å². The maximum Gasteiger partial charge on any atom is 0.337 e. The molecule has 0 aromatic heterocycles. The lowest BCUT2D eigenvalue weighted by Gasteiger charge is -2.03. The Morgan fingerprint density at radius 1 is 1.47 bits per heavy atom. The zero-order chi connectivity index (χ0) is 11.3. The van der Waals surface area contributed by atoms with Crippen molar-refractivity contribution < 1.29 is 14.4 Å². The third-order valence-electron chi connectivity index (χ3n) is 1.81. The number of nitrogens with two attached hydrogens (primary N) is 1. The SMILES string of the molecule is CO/N=C/c1cc(C(=O)OC)ccc1N. The van der Waals surface area contributed by atoms with Crippen LogP contribution in [0.1, 0.15) is 15.9 Å². The van der Waals surface area contributed by atoms with Crippen LogP contribution in [0.3, 0.4) is 0 Å². The molecule has 0 bridgehead atoms. The number of hydrogen-bond acceptors (Lipinski definition) is 5. The molecule has 0 unspecified atom stereocenters. The zero-order valence-corrected chi connectivity index (χ0v) is 8.56. The van der Waals surface area contributed by atoms with E-state index in [1.165, 1.54) is 20.4 Å². The second-order valence-electron chi connectivity index (χ2n) is 2.75. The van der Waals surface area contributed by atoms with Crippen molar-refractivity contribution in [2.24, 2.45) is 5.16 Å². The van der Waals surface area contributed by atoms with Crippen LogP contribution in [0.25, 0.3) is 0 Å². The van der Waals surface area contributed by atoms with Crippen LogP contribution in [0.15, 0.2) is 23.4 Å². The molecule has 80 valence electrons. The van der Waals surface area contributed by atoms with Crippen LogP contribution < -0.4 is 5.73 Å². The van der Waals surface area contributed by atoms with Gasteiger partial charge in [-0.15, -0.1) is 0 Å². The predicted octanol–water partition coefficient (Wildman–Crippen LogP) is 1.04. The van der Waals surface area contributed by atoms with Gasteiger partial charge in [0.15, 0.2) is 0 Å². The summed E-state index contributed by atoms with van der Waals surface area (Å²) in [5.74, 6) is -0.415. The summed E-state index contributed by atoms with van der Waals surface area (Å²) in [6.07, 6.45) is 1.43. The van der Waals surface area contributed by atoms with Crippen molar-refractivity contribution in [3.8, 4) is 0 Å². The highest BCUT2D eigenvalue weighted by Crippen LogP contribution is 2.13. The Morgan fingerprint density at radius 3 is 2.80 bits per heavy atom. The van der Waals surface area contributed by atoms with Gasteiger partial charge in [0, 0.05) is 11.3 Å². The molecule has 0 heterocycles. The summed E-state index contributed by atoms with van der Waals surface area (Å²) < 4.78 is 4.58. The van der Waals surface area contributed by atoms with Gasteiger partial charge in [-0.2, -0.15) is 0 Å². The molecule has 0 aliphatic rings. The lowest BCUT2D eigenvalue weighted by molar-refractivity contribution is 0.0601. The summed E-state index contributed by atoms with van der Waals surface area (Å²) in [5.41, 5.74) is 7.22. The number of ether oxygens (including phenoxy) is 1. The van der Waals surface area contributed by atoms with E-state index in [2.05, 4.69) is 14.7 Å². The third kappa shape index (κ3) is 2.70. The molecule has 0 saturated carbocycles. The molecule has 1 aromatic rings. The number of esters is 1. The highest BCUT2D eigenvalue weighted by atomic mass is 16.6. The summed E-state index contributed by atoms with van der Waals surface area (Å²) in [7, 11) is 2.75. The van der Waals surface area contributed by atoms with Gasteiger partial charge in [0.1, 0.15) is 7.11 Å². The minimum Gasteiger partial charge on any atom is -0.465 e. The molecule has 0 radical (unpaired) electrons. The molecular weight excluding hydrogens is 196 g/mol. The average Bonchev–Trinajstić information content (AvgIpc) is 2.27. The van der Waals surface area contributed by atoms with Crippen LogP contribution in [0, 0.1) is 0 Å². The number of anilines is 1. The van der Waals surface area contributed by atoms with Crippen molar-refractivity contribution in [1.82, 2.24) is 0 Å². The van der Waals surface area contributed by atoms with Crippen molar-refractivity contribution in [2.45, 2.75) is 0 Å². The largest absolute Gasteiger partial charge is 0.465 e. The topological polar surface area (TPSA) is 73.9 Å². The first-order chi connectivity index (χ1) is 7.19. The lowest BCUT2D eigenvalue weighted by Crippen LogP contribution is -2.03. The summed E-state index contributed by atoms with van der Waals surface area (Å²) in [4.78, 5) is 15.7. The number of rotatable bonds is 3. The van der Waals surface area contributed by atoms with Gasteiger partial charge in [0.2, 0.25) is 0 Å². The molecule has 0 atom stereocenters. The number of carbonyl (C=O) groups excluding carboxylic acids is 1. The van der Waals surface area contributed by atoms with E-state index in [0.29, 0.717) is 16.8 Å². The van der Waals surface area contributed by atoms with Crippen LogP contribution >= 0.6 is 0 Å². The summed E-state index contributed by atoms with van der Waals surface area (Å²) >= 11 is 0. The summed E-state index contributed by atoms with van der Waals surface area (Å²) in [6, 6.07) is 4.79. The highest BCUT2D eigenvalue weighted by molar-refractivity contribution is 5.94. The van der Waals surface area contributed by atoms with Gasteiger partial charge in [-0.25, -0.2) is 4.79 Å². The van der Waals surface area contributed by atoms with E-state index in [4.69, 9.17) is 5.73 Å². The van der Waals surface area contributed by atoms with E-state index in [1.807, 2.05) is 0 Å². The molecule has 1 rings (SSSR count). The molecule has 15 heavy (non-hydrogen) atoms. The van der Waals surface area contributed by atoms with Gasteiger partial charge in [0.05, 0.1) is 18.9 Å². The predicted molar refractivity (Wildman–Crippen MR) is 56.8 cm³/mol. The van der Waals surface area contributed by atoms with Gasteiger partial charge in [-0.05, 0) is 18.2 Å². The standard InChI is InChI=1S/C10H12N2O3/c1-14-10(13)7-3-4-9(11)8(5-7)6-12-15-2/h3-6H,11H2,1-2H3/b12-6+. The first kappa shape index (κ1) is 11.0. The maximum atomic E-state index is 11.2. The fourth-order valence-corrected chi connectivity index (χ4v) is 1.04. The minimum atomic E-state index is -0.415. The number of oxime groups is 1. The van der Waals surface area contributed by atoms with Gasteiger partial charge in [0.25, 0.3) is 0 Å². The highest BCUT2D eigenvalue weighted by Gasteiger charge is 2.07. The molecule has 0 saturated heterocycles. The molecule has 5 nitrogen and oxygen atoms in total. The maximum absolute atomic E-state index is 11.2. The Balaban J connectivity index is 3.05. The second-order valence-corrected chi connectivity index (χ2v) is 2.75. The van der Waals surface area contributed by atoms with E-state index in [9.17, 15) is 4.79 Å². The zero-order valence-electron chi connectivity index (χ0n) is 8.56. The van der Waals surface area contributed by atoms with Crippen LogP contribution in [0.2, 0.25) is 0 Å². The fraction of sp³-hybridized carbons (Fsp3) is 0.200. The van der Waals surface area contributed by atoms with Crippen LogP contribution in [-0.2, 0) is 9.57 Å². The van der Waals surface area contributed by atoms with Crippen LogP contribution in [0.5, 0.6) is 0 Å². The number of nitrogens with zero attached hydrogens (tertiary/aromatic N) is 1. The molecule has 2 N–H and O–H groups in total. The Labute approximate surface area is 87.5 Å². The van der Waals surface area contributed by atoms with E-state index >= 15 is 0 Å². The van der Waals surface area contributed by atoms with Crippen molar-refractivity contribution in [3.05, 3.63) is 29.3 Å². The number of methoxy groups -OCH3 is 1. The first-order valence-corrected chi connectivity index (χ1v) is 4.23. The minimum absolute atomic E-state index is 0.415. The van der Waals surface area contributed by atoms with Crippen molar-refractivity contribution in [3.63, 3.8) is 0 Å². The van der Waals surface area contributed by atoms with Gasteiger partial charge >= 0.3 is 5.97 Å². The molecule has 0 amide bonds. The normalized spacial score (nSPS) is 10.3. The van der Waals surface area contributed by atoms with Crippen molar-refractivity contribution in [2.75, 3.05) is 20.0 Å².